The van der Waals surface area contributed by atoms with Gasteiger partial charge < -0.3 is 15.2 Å². The molecule has 2 N–H and O–H groups in total. The van der Waals surface area contributed by atoms with E-state index in [2.05, 4.69) is 28.3 Å². The first-order chi connectivity index (χ1) is 9.74. The number of carbonyl (C=O) groups excluding carboxylic acids is 1. The molecule has 2 heterocycles. The molecule has 1 aliphatic carbocycles. The van der Waals surface area contributed by atoms with Crippen LogP contribution in [0.4, 0.5) is 0 Å². The summed E-state index contributed by atoms with van der Waals surface area (Å²) in [5.41, 5.74) is 1.23. The molecule has 0 atom stereocenters. The number of carbonyl (C=O) groups is 1. The van der Waals surface area contributed by atoms with Crippen LogP contribution in [0.15, 0.2) is 18.3 Å². The highest BCUT2D eigenvalue weighted by molar-refractivity contribution is 5.92. The number of amides is 1. The Morgan fingerprint density at radius 2 is 2.20 bits per heavy atom. The highest BCUT2D eigenvalue weighted by Crippen LogP contribution is 2.47. The monoisotopic (exact) mass is 275 g/mol. The van der Waals surface area contributed by atoms with Crippen molar-refractivity contribution in [3.8, 4) is 0 Å². The van der Waals surface area contributed by atoms with E-state index in [-0.39, 0.29) is 5.91 Å². The van der Waals surface area contributed by atoms with Crippen LogP contribution in [0, 0.1) is 5.41 Å². The summed E-state index contributed by atoms with van der Waals surface area (Å²) in [5, 5.41) is 6.52. The van der Waals surface area contributed by atoms with Crippen molar-refractivity contribution in [2.75, 3.05) is 19.6 Å². The summed E-state index contributed by atoms with van der Waals surface area (Å²) < 4.78 is 2.17. The molecule has 1 aromatic heterocycles. The van der Waals surface area contributed by atoms with Gasteiger partial charge in [0.25, 0.3) is 5.91 Å². The topological polar surface area (TPSA) is 46.1 Å². The van der Waals surface area contributed by atoms with Crippen molar-refractivity contribution in [2.24, 2.45) is 5.41 Å². The van der Waals surface area contributed by atoms with Crippen molar-refractivity contribution in [3.63, 3.8) is 0 Å². The van der Waals surface area contributed by atoms with Gasteiger partial charge in [-0.15, -0.1) is 0 Å². The van der Waals surface area contributed by atoms with Gasteiger partial charge in [-0.3, -0.25) is 4.79 Å². The van der Waals surface area contributed by atoms with Crippen LogP contribution in [-0.2, 0) is 0 Å². The Hall–Kier alpha value is -1.29. The summed E-state index contributed by atoms with van der Waals surface area (Å²) in [7, 11) is 0. The second kappa shape index (κ2) is 5.60. The molecule has 1 saturated carbocycles. The summed E-state index contributed by atoms with van der Waals surface area (Å²) in [6.07, 6.45) is 7.96. The summed E-state index contributed by atoms with van der Waals surface area (Å²) in [6.45, 7) is 5.14. The first kappa shape index (κ1) is 13.7. The van der Waals surface area contributed by atoms with E-state index in [9.17, 15) is 4.79 Å². The van der Waals surface area contributed by atoms with Gasteiger partial charge in [-0.1, -0.05) is 6.92 Å². The molecule has 4 nitrogen and oxygen atoms in total. The molecule has 0 radical (unpaired) electrons. The molecule has 20 heavy (non-hydrogen) atoms. The number of hydrogen-bond acceptors (Lipinski definition) is 2. The van der Waals surface area contributed by atoms with Crippen LogP contribution < -0.4 is 10.6 Å². The lowest BCUT2D eigenvalue weighted by Crippen LogP contribution is -2.34. The van der Waals surface area contributed by atoms with Crippen LogP contribution in [0.1, 0.15) is 55.6 Å². The maximum atomic E-state index is 12.4. The minimum atomic E-state index is 0.0910. The van der Waals surface area contributed by atoms with Gasteiger partial charge in [-0.2, -0.15) is 0 Å². The molecule has 0 spiro atoms. The van der Waals surface area contributed by atoms with Gasteiger partial charge >= 0.3 is 0 Å². The van der Waals surface area contributed by atoms with Crippen LogP contribution in [-0.4, -0.2) is 30.1 Å². The number of nitrogens with zero attached hydrogens (tertiary/aromatic N) is 1. The van der Waals surface area contributed by atoms with E-state index in [0.717, 1.165) is 38.2 Å². The molecular weight excluding hydrogens is 250 g/mol. The Morgan fingerprint density at radius 3 is 2.85 bits per heavy atom. The highest BCUT2D eigenvalue weighted by Gasteiger charge is 2.40. The highest BCUT2D eigenvalue weighted by atomic mass is 16.1. The average molecular weight is 275 g/mol. The Bertz CT molecular complexity index is 470. The fourth-order valence-corrected chi connectivity index (χ4v) is 3.18. The fourth-order valence-electron chi connectivity index (χ4n) is 3.18. The fraction of sp³-hybridized carbons (Fsp3) is 0.688. The molecule has 2 fully saturated rings. The van der Waals surface area contributed by atoms with E-state index >= 15 is 0 Å². The molecular formula is C16H25N3O. The zero-order valence-electron chi connectivity index (χ0n) is 12.3. The first-order valence-electron chi connectivity index (χ1n) is 7.90. The minimum Gasteiger partial charge on any atom is -0.350 e. The number of rotatable bonds is 5. The Balaban J connectivity index is 1.64. The number of aromatic nitrogens is 1. The molecule has 0 aromatic carbocycles. The molecule has 1 amide bonds. The smallest absolute Gasteiger partial charge is 0.267 e. The zero-order chi connectivity index (χ0) is 14.0. The van der Waals surface area contributed by atoms with Gasteiger partial charge in [0.2, 0.25) is 0 Å². The third kappa shape index (κ3) is 2.75. The van der Waals surface area contributed by atoms with Gasteiger partial charge in [0.15, 0.2) is 0 Å². The lowest BCUT2D eigenvalue weighted by molar-refractivity contribution is 0.0931. The van der Waals surface area contributed by atoms with E-state index < -0.39 is 0 Å². The number of nitrogens with one attached hydrogen (secondary N) is 2. The van der Waals surface area contributed by atoms with Gasteiger partial charge in [-0.05, 0) is 62.7 Å². The average Bonchev–Trinajstić information content (AvgIpc) is 3.12. The van der Waals surface area contributed by atoms with Crippen LogP contribution >= 0.6 is 0 Å². The number of piperidine rings is 1. The quantitative estimate of drug-likeness (QED) is 0.866. The maximum absolute atomic E-state index is 12.4. The molecule has 0 bridgehead atoms. The molecule has 2 aliphatic rings. The van der Waals surface area contributed by atoms with Crippen LogP contribution in [0.5, 0.6) is 0 Å². The van der Waals surface area contributed by atoms with Gasteiger partial charge in [0.05, 0.1) is 0 Å². The van der Waals surface area contributed by atoms with Crippen molar-refractivity contribution in [1.82, 2.24) is 15.2 Å². The van der Waals surface area contributed by atoms with Crippen molar-refractivity contribution >= 4 is 5.91 Å². The van der Waals surface area contributed by atoms with Crippen molar-refractivity contribution in [3.05, 3.63) is 24.0 Å². The van der Waals surface area contributed by atoms with E-state index in [4.69, 9.17) is 0 Å². The first-order valence-corrected chi connectivity index (χ1v) is 7.90. The molecule has 4 heteroatoms. The second-order valence-corrected chi connectivity index (χ2v) is 6.32. The lowest BCUT2D eigenvalue weighted by atomic mass is 10.0. The Kier molecular flexibility index (Phi) is 3.83. The minimum absolute atomic E-state index is 0.0910. The van der Waals surface area contributed by atoms with Crippen LogP contribution in [0.2, 0.25) is 0 Å². The summed E-state index contributed by atoms with van der Waals surface area (Å²) in [4.78, 5) is 12.4. The third-order valence-corrected chi connectivity index (χ3v) is 5.04. The molecule has 3 rings (SSSR count). The second-order valence-electron chi connectivity index (χ2n) is 6.32. The van der Waals surface area contributed by atoms with Gasteiger partial charge in [0.1, 0.15) is 5.69 Å². The number of hydrogen-bond donors (Lipinski definition) is 2. The SMILES string of the molecule is CCC1(CNC(=O)c2cccn2C2CCNCC2)CC1. The molecule has 0 unspecified atom stereocenters. The van der Waals surface area contributed by atoms with Gasteiger partial charge in [0, 0.05) is 18.8 Å². The Labute approximate surface area is 120 Å². The van der Waals surface area contributed by atoms with Gasteiger partial charge in [-0.25, -0.2) is 0 Å². The predicted octanol–water partition coefficient (Wildman–Crippen LogP) is 2.33. The lowest BCUT2D eigenvalue weighted by Gasteiger charge is -2.26. The summed E-state index contributed by atoms with van der Waals surface area (Å²) in [6, 6.07) is 4.40. The molecule has 1 aliphatic heterocycles. The van der Waals surface area contributed by atoms with E-state index in [1.54, 1.807) is 0 Å². The van der Waals surface area contributed by atoms with Crippen LogP contribution in [0.25, 0.3) is 0 Å². The largest absolute Gasteiger partial charge is 0.350 e. The molecule has 1 saturated heterocycles. The normalized spacial score (nSPS) is 21.6. The third-order valence-electron chi connectivity index (χ3n) is 5.04. The summed E-state index contributed by atoms with van der Waals surface area (Å²) >= 11 is 0. The molecule has 1 aromatic rings. The van der Waals surface area contributed by atoms with Crippen molar-refractivity contribution in [1.29, 1.82) is 0 Å². The predicted molar refractivity (Wildman–Crippen MR) is 79.9 cm³/mol. The van der Waals surface area contributed by atoms with Crippen molar-refractivity contribution < 1.29 is 4.79 Å². The Morgan fingerprint density at radius 1 is 1.45 bits per heavy atom. The van der Waals surface area contributed by atoms with Crippen LogP contribution in [0.3, 0.4) is 0 Å². The standard InChI is InChI=1S/C16H25N3O/c1-2-16(7-8-16)12-18-15(20)14-4-3-11-19(14)13-5-9-17-10-6-13/h3-4,11,13,17H,2,5-10,12H2,1H3,(H,18,20). The van der Waals surface area contributed by atoms with E-state index in [1.807, 2.05) is 12.1 Å². The summed E-state index contributed by atoms with van der Waals surface area (Å²) in [5.74, 6) is 0.0910. The maximum Gasteiger partial charge on any atom is 0.267 e. The van der Waals surface area contributed by atoms with Crippen molar-refractivity contribution in [2.45, 2.75) is 45.1 Å². The van der Waals surface area contributed by atoms with E-state index in [0.29, 0.717) is 11.5 Å². The van der Waals surface area contributed by atoms with E-state index in [1.165, 1.54) is 19.3 Å². The zero-order valence-corrected chi connectivity index (χ0v) is 12.3. The molecule has 110 valence electrons.